The monoisotopic (exact) mass is 330 g/mol. The van der Waals surface area contributed by atoms with Gasteiger partial charge in [0.05, 0.1) is 0 Å². The third kappa shape index (κ3) is 6.74. The summed E-state index contributed by atoms with van der Waals surface area (Å²) in [5.74, 6) is 0.281. The molecular weight excluding hydrogens is 296 g/mol. The van der Waals surface area contributed by atoms with Gasteiger partial charge >= 0.3 is 0 Å². The molecule has 3 nitrogen and oxygen atoms in total. The van der Waals surface area contributed by atoms with Crippen LogP contribution in [0.3, 0.4) is 0 Å². The van der Waals surface area contributed by atoms with Crippen molar-refractivity contribution in [1.29, 1.82) is 0 Å². The molecule has 1 aromatic carbocycles. The Balaban J connectivity index is 1.68. The number of Topliss-reactive ketones (excluding diaryl/α,β-unsaturated/α-hetero) is 1. The number of hydrogen-bond donors (Lipinski definition) is 0. The topological polar surface area (TPSA) is 23.6 Å². The summed E-state index contributed by atoms with van der Waals surface area (Å²) in [6.07, 6.45) is 8.35. The van der Waals surface area contributed by atoms with Gasteiger partial charge in [0.1, 0.15) is 0 Å². The molecule has 2 rings (SSSR count). The summed E-state index contributed by atoms with van der Waals surface area (Å²) in [6.45, 7) is 7.54. The summed E-state index contributed by atoms with van der Waals surface area (Å²) >= 11 is 0. The average molecular weight is 331 g/mol. The highest BCUT2D eigenvalue weighted by atomic mass is 16.1. The van der Waals surface area contributed by atoms with Crippen LogP contribution in [-0.4, -0.2) is 55.4 Å². The van der Waals surface area contributed by atoms with Gasteiger partial charge in [-0.3, -0.25) is 4.79 Å². The van der Waals surface area contributed by atoms with Crippen LogP contribution in [0.5, 0.6) is 0 Å². The van der Waals surface area contributed by atoms with Gasteiger partial charge in [-0.2, -0.15) is 0 Å². The molecule has 0 radical (unpaired) electrons. The predicted octanol–water partition coefficient (Wildman–Crippen LogP) is 4.02. The molecule has 1 aliphatic heterocycles. The van der Waals surface area contributed by atoms with Gasteiger partial charge in [0, 0.05) is 44.7 Å². The van der Waals surface area contributed by atoms with Gasteiger partial charge in [-0.05, 0) is 25.5 Å². The summed E-state index contributed by atoms with van der Waals surface area (Å²) in [5.41, 5.74) is 2.24. The molecule has 0 N–H and O–H groups in total. The van der Waals surface area contributed by atoms with Crippen molar-refractivity contribution in [1.82, 2.24) is 9.80 Å². The molecule has 3 heteroatoms. The molecule has 134 valence electrons. The SMILES string of the molecule is CCCCCCCc1ccc(C(=O)CCN2CCN(C)CC2)cc1. The van der Waals surface area contributed by atoms with Crippen LogP contribution < -0.4 is 0 Å². The minimum atomic E-state index is 0.281. The van der Waals surface area contributed by atoms with E-state index in [4.69, 9.17) is 0 Å². The largest absolute Gasteiger partial charge is 0.304 e. The number of piperazine rings is 1. The predicted molar refractivity (Wildman–Crippen MR) is 102 cm³/mol. The fraction of sp³-hybridized carbons (Fsp3) is 0.667. The molecular formula is C21H34N2O. The number of aryl methyl sites for hydroxylation is 1. The molecule has 0 spiro atoms. The lowest BCUT2D eigenvalue weighted by Crippen LogP contribution is -2.45. The molecule has 0 atom stereocenters. The van der Waals surface area contributed by atoms with E-state index in [9.17, 15) is 4.79 Å². The Kier molecular flexibility index (Phi) is 8.48. The zero-order valence-electron chi connectivity index (χ0n) is 15.6. The highest BCUT2D eigenvalue weighted by Gasteiger charge is 2.15. The highest BCUT2D eigenvalue weighted by Crippen LogP contribution is 2.12. The second kappa shape index (κ2) is 10.6. The fourth-order valence-electron chi connectivity index (χ4n) is 3.27. The molecule has 0 amide bonds. The molecule has 1 aliphatic rings. The number of benzene rings is 1. The molecule has 1 aromatic rings. The first-order valence-electron chi connectivity index (χ1n) is 9.72. The molecule has 0 aliphatic carbocycles. The molecule has 24 heavy (non-hydrogen) atoms. The minimum Gasteiger partial charge on any atom is -0.304 e. The Morgan fingerprint density at radius 1 is 0.958 bits per heavy atom. The normalized spacial score (nSPS) is 16.4. The molecule has 1 saturated heterocycles. The Labute approximate surface area is 148 Å². The molecule has 1 fully saturated rings. The fourth-order valence-corrected chi connectivity index (χ4v) is 3.27. The molecule has 0 aromatic heterocycles. The van der Waals surface area contributed by atoms with E-state index in [1.807, 2.05) is 12.1 Å². The zero-order valence-corrected chi connectivity index (χ0v) is 15.6. The van der Waals surface area contributed by atoms with Gasteiger partial charge in [0.2, 0.25) is 0 Å². The van der Waals surface area contributed by atoms with Crippen LogP contribution in [0.25, 0.3) is 0 Å². The second-order valence-electron chi connectivity index (χ2n) is 7.18. The molecule has 1 heterocycles. The Morgan fingerprint density at radius 3 is 2.29 bits per heavy atom. The van der Waals surface area contributed by atoms with E-state index < -0.39 is 0 Å². The van der Waals surface area contributed by atoms with Gasteiger partial charge in [0.25, 0.3) is 0 Å². The Bertz CT molecular complexity index is 475. The van der Waals surface area contributed by atoms with Crippen LogP contribution in [0.15, 0.2) is 24.3 Å². The van der Waals surface area contributed by atoms with Gasteiger partial charge in [-0.25, -0.2) is 0 Å². The third-order valence-electron chi connectivity index (χ3n) is 5.10. The number of likely N-dealkylation sites (N-methyl/N-ethyl adjacent to an activating group) is 1. The number of rotatable bonds is 10. The lowest BCUT2D eigenvalue weighted by atomic mass is 10.0. The van der Waals surface area contributed by atoms with E-state index in [-0.39, 0.29) is 5.78 Å². The maximum atomic E-state index is 12.4. The van der Waals surface area contributed by atoms with Crippen LogP contribution in [0.1, 0.15) is 61.4 Å². The second-order valence-corrected chi connectivity index (χ2v) is 7.18. The maximum Gasteiger partial charge on any atom is 0.164 e. The van der Waals surface area contributed by atoms with Crippen LogP contribution in [0.2, 0.25) is 0 Å². The highest BCUT2D eigenvalue weighted by molar-refractivity contribution is 5.96. The lowest BCUT2D eigenvalue weighted by molar-refractivity contribution is 0.0942. The summed E-state index contributed by atoms with van der Waals surface area (Å²) in [7, 11) is 2.16. The summed E-state index contributed by atoms with van der Waals surface area (Å²) in [5, 5.41) is 0. The third-order valence-corrected chi connectivity index (χ3v) is 5.10. The van der Waals surface area contributed by atoms with Crippen molar-refractivity contribution >= 4 is 5.78 Å². The summed E-state index contributed by atoms with van der Waals surface area (Å²) in [6, 6.07) is 8.33. The van der Waals surface area contributed by atoms with Crippen molar-refractivity contribution in [2.45, 2.75) is 51.9 Å². The van der Waals surface area contributed by atoms with Gasteiger partial charge in [-0.15, -0.1) is 0 Å². The quantitative estimate of drug-likeness (QED) is 0.478. The first-order valence-corrected chi connectivity index (χ1v) is 9.72. The molecule has 0 unspecified atom stereocenters. The van der Waals surface area contributed by atoms with E-state index in [1.165, 1.54) is 37.7 Å². The number of nitrogens with zero attached hydrogens (tertiary/aromatic N) is 2. The van der Waals surface area contributed by atoms with Crippen LogP contribution >= 0.6 is 0 Å². The van der Waals surface area contributed by atoms with E-state index >= 15 is 0 Å². The average Bonchev–Trinajstić information content (AvgIpc) is 2.61. The van der Waals surface area contributed by atoms with Gasteiger partial charge < -0.3 is 9.80 Å². The van der Waals surface area contributed by atoms with Gasteiger partial charge in [0.15, 0.2) is 5.78 Å². The van der Waals surface area contributed by atoms with Crippen molar-refractivity contribution in [3.63, 3.8) is 0 Å². The first kappa shape index (κ1) is 19.1. The standard InChI is InChI=1S/C21H34N2O/c1-3-4-5-6-7-8-19-9-11-20(12-10-19)21(24)13-14-23-17-15-22(2)16-18-23/h9-12H,3-8,13-18H2,1-2H3. The van der Waals surface area contributed by atoms with Crippen LogP contribution in [0, 0.1) is 0 Å². The van der Waals surface area contributed by atoms with E-state index in [0.29, 0.717) is 6.42 Å². The van der Waals surface area contributed by atoms with Crippen molar-refractivity contribution in [3.8, 4) is 0 Å². The number of carbonyl (C=O) groups is 1. The van der Waals surface area contributed by atoms with Gasteiger partial charge in [-0.1, -0.05) is 56.9 Å². The number of hydrogen-bond acceptors (Lipinski definition) is 3. The minimum absolute atomic E-state index is 0.281. The van der Waals surface area contributed by atoms with Crippen molar-refractivity contribution < 1.29 is 4.79 Å². The lowest BCUT2D eigenvalue weighted by Gasteiger charge is -2.32. The van der Waals surface area contributed by atoms with Crippen LogP contribution in [0.4, 0.5) is 0 Å². The van der Waals surface area contributed by atoms with E-state index in [0.717, 1.165) is 44.7 Å². The summed E-state index contributed by atoms with van der Waals surface area (Å²) < 4.78 is 0. The number of unbranched alkanes of at least 4 members (excludes halogenated alkanes) is 4. The summed E-state index contributed by atoms with van der Waals surface area (Å²) in [4.78, 5) is 17.1. The van der Waals surface area contributed by atoms with Crippen molar-refractivity contribution in [3.05, 3.63) is 35.4 Å². The smallest absolute Gasteiger partial charge is 0.164 e. The Hall–Kier alpha value is -1.19. The zero-order chi connectivity index (χ0) is 17.2. The molecule has 0 saturated carbocycles. The number of ketones is 1. The maximum absolute atomic E-state index is 12.4. The van der Waals surface area contributed by atoms with E-state index in [2.05, 4.69) is 35.9 Å². The van der Waals surface area contributed by atoms with Crippen LogP contribution in [-0.2, 0) is 6.42 Å². The molecule has 0 bridgehead atoms. The van der Waals surface area contributed by atoms with E-state index in [1.54, 1.807) is 0 Å². The van der Waals surface area contributed by atoms with Crippen molar-refractivity contribution in [2.75, 3.05) is 39.8 Å². The number of carbonyl (C=O) groups excluding carboxylic acids is 1. The first-order chi connectivity index (χ1) is 11.7. The Morgan fingerprint density at radius 2 is 1.62 bits per heavy atom. The van der Waals surface area contributed by atoms with Crippen molar-refractivity contribution in [2.24, 2.45) is 0 Å².